The third-order valence-corrected chi connectivity index (χ3v) is 7.97. The largest absolute Gasteiger partial charge is 0.250 e. The zero-order chi connectivity index (χ0) is 32.9. The van der Waals surface area contributed by atoms with Crippen molar-refractivity contribution in [1.82, 2.24) is 0 Å². The molecule has 47 heavy (non-hydrogen) atoms. The van der Waals surface area contributed by atoms with Crippen LogP contribution in [0.4, 0.5) is 11.4 Å². The molecule has 0 saturated carbocycles. The molecule has 256 valence electrons. The fourth-order valence-electron chi connectivity index (χ4n) is 5.13. The van der Waals surface area contributed by atoms with Crippen LogP contribution in [0.15, 0.2) is 58.5 Å². The molecule has 2 aromatic rings. The Labute approximate surface area is 299 Å². The third-order valence-electron chi connectivity index (χ3n) is 7.97. The molecule has 0 N–H and O–H groups in total. The molecule has 2 nitrogen and oxygen atoms in total. The fourth-order valence-corrected chi connectivity index (χ4v) is 5.13. The monoisotopic (exact) mass is 674 g/mol. The van der Waals surface area contributed by atoms with Crippen molar-refractivity contribution >= 4 is 22.8 Å². The molecule has 0 spiro atoms. The molecule has 3 heteroatoms. The van der Waals surface area contributed by atoms with Crippen molar-refractivity contribution in [1.29, 1.82) is 0 Å². The van der Waals surface area contributed by atoms with Crippen LogP contribution in [0.2, 0.25) is 0 Å². The number of hydrogen-bond donors (Lipinski definition) is 0. The third kappa shape index (κ3) is 19.4. The van der Waals surface area contributed by atoms with Gasteiger partial charge in [0.05, 0.1) is 17.1 Å². The first kappa shape index (κ1) is 42.0. The number of para-hydroxylation sites is 2. The second-order valence-corrected chi connectivity index (χ2v) is 12.1. The van der Waals surface area contributed by atoms with Crippen molar-refractivity contribution < 1.29 is 16.5 Å². The Morgan fingerprint density at radius 2 is 0.936 bits per heavy atom. The van der Waals surface area contributed by atoms with Gasteiger partial charge in [-0.3, -0.25) is 4.99 Å². The molecule has 0 aliphatic rings. The van der Waals surface area contributed by atoms with Crippen LogP contribution in [0.25, 0.3) is 0 Å². The van der Waals surface area contributed by atoms with Gasteiger partial charge in [0.25, 0.3) is 0 Å². The molecule has 2 aromatic carbocycles. The van der Waals surface area contributed by atoms with E-state index in [0.717, 1.165) is 93.4 Å². The number of aliphatic imine (C=N–C) groups is 2. The van der Waals surface area contributed by atoms with Crippen LogP contribution in [0.1, 0.15) is 154 Å². The van der Waals surface area contributed by atoms with Gasteiger partial charge in [-0.05, 0) is 74.1 Å². The van der Waals surface area contributed by atoms with Gasteiger partial charge >= 0.3 is 0 Å². The maximum Gasteiger partial charge on any atom is 0.135 e. The summed E-state index contributed by atoms with van der Waals surface area (Å²) in [6.07, 6.45) is 21.6. The van der Waals surface area contributed by atoms with Gasteiger partial charge in [-0.15, -0.1) is 23.7 Å². The standard InChI is InChI=1S/C44H60N2.Ni/c1-5-9-13-16-19-21-24-31-39-33-27-29-36-41(39)45-43(35-12-8-4)44(38-26-23-18-15-11-7-3)46-42-37-30-28-34-40(42)32-25-22-20-17-14-10-6-2;/h27-30,33-34,36-37H,5-18,23-25,31-32,35H2,1-4H3;/b45-43-,46-44+;. The second-order valence-electron chi connectivity index (χ2n) is 12.1. The summed E-state index contributed by atoms with van der Waals surface area (Å²) in [5.74, 6) is 20.5. The van der Waals surface area contributed by atoms with Crippen LogP contribution < -0.4 is 0 Å². The SMILES string of the molecule is CCCCCC#CCCc1ccccc1/N=C(CCCC)\C(C#CCCCCCC)=N\c1ccccc1CCC#CCCCCC.[Ni]. The number of hydrogen-bond acceptors (Lipinski definition) is 2. The first-order chi connectivity index (χ1) is 22.7. The molecule has 0 aliphatic carbocycles. The summed E-state index contributed by atoms with van der Waals surface area (Å²) in [5, 5.41) is 0. The van der Waals surface area contributed by atoms with Gasteiger partial charge in [0, 0.05) is 48.6 Å². The summed E-state index contributed by atoms with van der Waals surface area (Å²) in [4.78, 5) is 10.6. The number of aryl methyl sites for hydroxylation is 2. The summed E-state index contributed by atoms with van der Waals surface area (Å²) in [5.41, 5.74) is 6.27. The molecule has 0 aromatic heterocycles. The molecule has 0 heterocycles. The molecule has 2 rings (SSSR count). The number of rotatable bonds is 20. The van der Waals surface area contributed by atoms with Crippen LogP contribution in [-0.4, -0.2) is 11.4 Å². The Hall–Kier alpha value is -3.05. The van der Waals surface area contributed by atoms with Crippen molar-refractivity contribution in [2.45, 2.75) is 156 Å². The molecule has 0 fully saturated rings. The molecule has 0 saturated heterocycles. The van der Waals surface area contributed by atoms with E-state index in [1.807, 2.05) is 0 Å². The van der Waals surface area contributed by atoms with Crippen molar-refractivity contribution in [3.63, 3.8) is 0 Å². The van der Waals surface area contributed by atoms with Gasteiger partial charge in [0.15, 0.2) is 0 Å². The topological polar surface area (TPSA) is 24.7 Å². The summed E-state index contributed by atoms with van der Waals surface area (Å²) in [7, 11) is 0. The first-order valence-electron chi connectivity index (χ1n) is 18.5. The molecule has 0 atom stereocenters. The Morgan fingerprint density at radius 1 is 0.489 bits per heavy atom. The summed E-state index contributed by atoms with van der Waals surface area (Å²) < 4.78 is 0. The van der Waals surface area contributed by atoms with E-state index in [1.165, 1.54) is 68.9 Å². The number of unbranched alkanes of at least 4 members (excludes halogenated alkanes) is 11. The Balaban J connectivity index is 0.0000110. The van der Waals surface area contributed by atoms with Crippen molar-refractivity contribution in [3.05, 3.63) is 59.7 Å². The van der Waals surface area contributed by atoms with Crippen molar-refractivity contribution in [2.75, 3.05) is 0 Å². The van der Waals surface area contributed by atoms with E-state index in [4.69, 9.17) is 9.98 Å². The van der Waals surface area contributed by atoms with E-state index in [1.54, 1.807) is 0 Å². The number of benzene rings is 2. The van der Waals surface area contributed by atoms with Crippen LogP contribution in [0, 0.1) is 35.5 Å². The van der Waals surface area contributed by atoms with Gasteiger partial charge in [-0.2, -0.15) is 0 Å². The normalized spacial score (nSPS) is 11.0. The minimum Gasteiger partial charge on any atom is -0.250 e. The molecule has 0 bridgehead atoms. The van der Waals surface area contributed by atoms with Gasteiger partial charge in [-0.25, -0.2) is 4.99 Å². The van der Waals surface area contributed by atoms with Gasteiger partial charge in [0.2, 0.25) is 0 Å². The molecule has 0 aliphatic heterocycles. The molecular formula is C44H60N2Ni. The van der Waals surface area contributed by atoms with Crippen LogP contribution in [0.3, 0.4) is 0 Å². The van der Waals surface area contributed by atoms with E-state index in [-0.39, 0.29) is 16.5 Å². The summed E-state index contributed by atoms with van der Waals surface area (Å²) >= 11 is 0. The maximum atomic E-state index is 5.31. The van der Waals surface area contributed by atoms with E-state index in [9.17, 15) is 0 Å². The van der Waals surface area contributed by atoms with E-state index in [0.29, 0.717) is 0 Å². The fraction of sp³-hybridized carbons (Fsp3) is 0.545. The molecule has 0 unspecified atom stereocenters. The van der Waals surface area contributed by atoms with Crippen molar-refractivity contribution in [3.8, 4) is 35.5 Å². The summed E-state index contributed by atoms with van der Waals surface area (Å²) in [6, 6.07) is 17.0. The first-order valence-corrected chi connectivity index (χ1v) is 18.5. The molecular weight excluding hydrogens is 615 g/mol. The maximum absolute atomic E-state index is 5.31. The zero-order valence-electron chi connectivity index (χ0n) is 30.0. The van der Waals surface area contributed by atoms with Gasteiger partial charge in [-0.1, -0.05) is 121 Å². The smallest absolute Gasteiger partial charge is 0.135 e. The quantitative estimate of drug-likeness (QED) is 0.0578. The Kier molecular flexibility index (Phi) is 26.0. The predicted octanol–water partition coefficient (Wildman–Crippen LogP) is 12.7. The Bertz CT molecular complexity index is 1370. The minimum atomic E-state index is 0. The van der Waals surface area contributed by atoms with E-state index >= 15 is 0 Å². The molecule has 0 radical (unpaired) electrons. The summed E-state index contributed by atoms with van der Waals surface area (Å²) in [6.45, 7) is 8.96. The van der Waals surface area contributed by atoms with Gasteiger partial charge in [0.1, 0.15) is 5.71 Å². The zero-order valence-corrected chi connectivity index (χ0v) is 31.0. The second kappa shape index (κ2) is 29.1. The average molecular weight is 676 g/mol. The van der Waals surface area contributed by atoms with Crippen LogP contribution in [0.5, 0.6) is 0 Å². The van der Waals surface area contributed by atoms with Crippen LogP contribution in [-0.2, 0) is 29.3 Å². The molecule has 0 amide bonds. The van der Waals surface area contributed by atoms with Gasteiger partial charge < -0.3 is 0 Å². The number of nitrogens with zero attached hydrogens (tertiary/aromatic N) is 2. The van der Waals surface area contributed by atoms with Crippen LogP contribution >= 0.6 is 0 Å². The average Bonchev–Trinajstić information content (AvgIpc) is 3.08. The minimum absolute atomic E-state index is 0. The Morgan fingerprint density at radius 3 is 1.49 bits per heavy atom. The predicted molar refractivity (Wildman–Crippen MR) is 204 cm³/mol. The van der Waals surface area contributed by atoms with E-state index < -0.39 is 0 Å². The van der Waals surface area contributed by atoms with Crippen molar-refractivity contribution in [2.24, 2.45) is 9.98 Å². The van der Waals surface area contributed by atoms with E-state index in [2.05, 4.69) is 112 Å².